The number of guanidine groups is 1. The van der Waals surface area contributed by atoms with E-state index in [2.05, 4.69) is 36.6 Å². The van der Waals surface area contributed by atoms with Gasteiger partial charge in [-0.2, -0.15) is 0 Å². The summed E-state index contributed by atoms with van der Waals surface area (Å²) >= 11 is 0. The molecule has 0 aromatic heterocycles. The first-order valence-corrected chi connectivity index (χ1v) is 12.2. The van der Waals surface area contributed by atoms with Crippen LogP contribution >= 0.6 is 24.0 Å². The number of methoxy groups -OCH3 is 1. The Balaban J connectivity index is 0.00000320. The third-order valence-electron chi connectivity index (χ3n) is 5.67. The van der Waals surface area contributed by atoms with Gasteiger partial charge in [-0.3, -0.25) is 4.21 Å². The van der Waals surface area contributed by atoms with Crippen LogP contribution in [0.25, 0.3) is 0 Å². The van der Waals surface area contributed by atoms with Crippen molar-refractivity contribution in [3.05, 3.63) is 23.3 Å². The van der Waals surface area contributed by atoms with Gasteiger partial charge < -0.3 is 20.1 Å². The fourth-order valence-electron chi connectivity index (χ4n) is 4.22. The highest BCUT2D eigenvalue weighted by Crippen LogP contribution is 2.35. The molecule has 1 saturated carbocycles. The first-order chi connectivity index (χ1) is 14.0. The van der Waals surface area contributed by atoms with Gasteiger partial charge in [0.1, 0.15) is 17.6 Å². The molecule has 170 valence electrons. The summed E-state index contributed by atoms with van der Waals surface area (Å²) in [5.74, 6) is 3.35. The average molecular weight is 550 g/mol. The predicted molar refractivity (Wildman–Crippen MR) is 135 cm³/mol. The Hall–Kier alpha value is -1.03. The third kappa shape index (κ3) is 6.48. The Morgan fingerprint density at radius 3 is 2.83 bits per heavy atom. The van der Waals surface area contributed by atoms with Crippen molar-refractivity contribution in [2.24, 2.45) is 4.99 Å². The standard InChI is InChI=1S/C22H35N3O3S.HI/c1-5-23-22(25-18-8-7-9-19(13-18)29(26)6-2)24-14-17-12-21-16(10-15(3)28-21)11-20(17)27-4;/h11-12,15,18-19H,5-10,13-14H2,1-4H3,(H2,23,24,25);1H. The summed E-state index contributed by atoms with van der Waals surface area (Å²) in [5, 5.41) is 7.21. The van der Waals surface area contributed by atoms with Gasteiger partial charge in [0.15, 0.2) is 5.96 Å². The van der Waals surface area contributed by atoms with E-state index < -0.39 is 10.8 Å². The van der Waals surface area contributed by atoms with Crippen molar-refractivity contribution in [2.45, 2.75) is 76.8 Å². The van der Waals surface area contributed by atoms with Crippen molar-refractivity contribution in [2.75, 3.05) is 19.4 Å². The van der Waals surface area contributed by atoms with Crippen molar-refractivity contribution < 1.29 is 13.7 Å². The van der Waals surface area contributed by atoms with Crippen molar-refractivity contribution in [3.8, 4) is 11.5 Å². The zero-order valence-electron chi connectivity index (χ0n) is 18.5. The van der Waals surface area contributed by atoms with Gasteiger partial charge >= 0.3 is 0 Å². The van der Waals surface area contributed by atoms with E-state index in [1.54, 1.807) is 7.11 Å². The van der Waals surface area contributed by atoms with Gasteiger partial charge in [0.25, 0.3) is 0 Å². The van der Waals surface area contributed by atoms with Crippen LogP contribution in [-0.4, -0.2) is 47.0 Å². The van der Waals surface area contributed by atoms with E-state index >= 15 is 0 Å². The molecule has 4 atom stereocenters. The summed E-state index contributed by atoms with van der Waals surface area (Å²) in [6.07, 6.45) is 5.34. The van der Waals surface area contributed by atoms with E-state index in [0.29, 0.717) is 17.8 Å². The molecule has 0 saturated heterocycles. The number of ether oxygens (including phenoxy) is 2. The lowest BCUT2D eigenvalue weighted by Gasteiger charge is -2.30. The fraction of sp³-hybridized carbons (Fsp3) is 0.682. The molecular formula is C22H36IN3O3S. The lowest BCUT2D eigenvalue weighted by molar-refractivity contribution is 0.254. The Kier molecular flexibility index (Phi) is 10.2. The molecule has 1 aliphatic carbocycles. The molecule has 30 heavy (non-hydrogen) atoms. The summed E-state index contributed by atoms with van der Waals surface area (Å²) in [7, 11) is 0.978. The molecule has 6 nitrogen and oxygen atoms in total. The number of halogens is 1. The van der Waals surface area contributed by atoms with E-state index in [9.17, 15) is 4.21 Å². The van der Waals surface area contributed by atoms with E-state index in [-0.39, 0.29) is 30.1 Å². The third-order valence-corrected chi connectivity index (χ3v) is 7.41. The van der Waals surface area contributed by atoms with Gasteiger partial charge in [0.05, 0.1) is 13.7 Å². The highest BCUT2D eigenvalue weighted by Gasteiger charge is 2.26. The molecule has 1 heterocycles. The zero-order chi connectivity index (χ0) is 20.8. The maximum atomic E-state index is 12.2. The summed E-state index contributed by atoms with van der Waals surface area (Å²) in [6, 6.07) is 4.45. The first kappa shape index (κ1) is 25.2. The van der Waals surface area contributed by atoms with E-state index in [4.69, 9.17) is 14.5 Å². The van der Waals surface area contributed by atoms with Crippen LogP contribution in [0, 0.1) is 0 Å². The molecular weight excluding hydrogens is 513 g/mol. The van der Waals surface area contributed by atoms with Gasteiger partial charge in [-0.1, -0.05) is 13.3 Å². The fourth-order valence-corrected chi connectivity index (χ4v) is 5.57. The molecule has 0 radical (unpaired) electrons. The van der Waals surface area contributed by atoms with Crippen LogP contribution in [0.3, 0.4) is 0 Å². The molecule has 2 aliphatic rings. The van der Waals surface area contributed by atoms with Crippen molar-refractivity contribution in [1.29, 1.82) is 0 Å². The molecule has 1 fully saturated rings. The number of benzene rings is 1. The largest absolute Gasteiger partial charge is 0.496 e. The van der Waals surface area contributed by atoms with Gasteiger partial charge in [-0.25, -0.2) is 4.99 Å². The Bertz CT molecular complexity index is 759. The zero-order valence-corrected chi connectivity index (χ0v) is 21.7. The Morgan fingerprint density at radius 1 is 1.33 bits per heavy atom. The minimum Gasteiger partial charge on any atom is -0.496 e. The van der Waals surface area contributed by atoms with Crippen LogP contribution in [0.4, 0.5) is 0 Å². The van der Waals surface area contributed by atoms with E-state index in [1.165, 1.54) is 5.56 Å². The molecule has 3 rings (SSSR count). The second-order valence-electron chi connectivity index (χ2n) is 7.90. The number of hydrogen-bond acceptors (Lipinski definition) is 4. The minimum atomic E-state index is -0.724. The lowest BCUT2D eigenvalue weighted by atomic mass is 9.95. The van der Waals surface area contributed by atoms with Crippen LogP contribution in [0.15, 0.2) is 17.1 Å². The molecule has 0 amide bonds. The average Bonchev–Trinajstić information content (AvgIpc) is 3.09. The summed E-state index contributed by atoms with van der Waals surface area (Å²) in [4.78, 5) is 4.80. The maximum Gasteiger partial charge on any atom is 0.191 e. The summed E-state index contributed by atoms with van der Waals surface area (Å²) in [6.45, 7) is 7.47. The molecule has 8 heteroatoms. The topological polar surface area (TPSA) is 72.0 Å². The molecule has 4 unspecified atom stereocenters. The highest BCUT2D eigenvalue weighted by atomic mass is 127. The number of nitrogens with one attached hydrogen (secondary N) is 2. The monoisotopic (exact) mass is 549 g/mol. The predicted octanol–water partition coefficient (Wildman–Crippen LogP) is 3.77. The van der Waals surface area contributed by atoms with Crippen LogP contribution in [0.2, 0.25) is 0 Å². The lowest BCUT2D eigenvalue weighted by Crippen LogP contribution is -2.46. The minimum absolute atomic E-state index is 0. The molecule has 1 aromatic carbocycles. The van der Waals surface area contributed by atoms with Crippen molar-refractivity contribution in [1.82, 2.24) is 10.6 Å². The number of fused-ring (bicyclic) bond motifs is 1. The Labute approximate surface area is 200 Å². The number of nitrogens with zero attached hydrogens (tertiary/aromatic N) is 1. The maximum absolute atomic E-state index is 12.2. The van der Waals surface area contributed by atoms with Crippen molar-refractivity contribution in [3.63, 3.8) is 0 Å². The number of aliphatic imine (C=N–C) groups is 1. The van der Waals surface area contributed by atoms with Gasteiger partial charge in [0.2, 0.25) is 0 Å². The molecule has 1 aromatic rings. The molecule has 0 bridgehead atoms. The van der Waals surface area contributed by atoms with E-state index in [0.717, 1.165) is 67.4 Å². The normalized spacial score (nSPS) is 24.3. The van der Waals surface area contributed by atoms with E-state index in [1.807, 2.05) is 6.92 Å². The van der Waals surface area contributed by atoms with Crippen molar-refractivity contribution >= 4 is 40.7 Å². The number of hydrogen-bond donors (Lipinski definition) is 2. The van der Waals surface area contributed by atoms with Crippen LogP contribution < -0.4 is 20.1 Å². The molecule has 1 aliphatic heterocycles. The number of rotatable bonds is 7. The highest BCUT2D eigenvalue weighted by molar-refractivity contribution is 14.0. The summed E-state index contributed by atoms with van der Waals surface area (Å²) < 4.78 is 23.7. The van der Waals surface area contributed by atoms with Gasteiger partial charge in [-0.15, -0.1) is 24.0 Å². The van der Waals surface area contributed by atoms with Gasteiger partial charge in [-0.05, 0) is 45.2 Å². The second kappa shape index (κ2) is 12.1. The van der Waals surface area contributed by atoms with Crippen LogP contribution in [0.1, 0.15) is 57.6 Å². The molecule has 0 spiro atoms. The second-order valence-corrected chi connectivity index (χ2v) is 9.90. The van der Waals surface area contributed by atoms with Crippen LogP contribution in [-0.2, 0) is 23.8 Å². The summed E-state index contributed by atoms with van der Waals surface area (Å²) in [5.41, 5.74) is 2.22. The smallest absolute Gasteiger partial charge is 0.191 e. The SMILES string of the molecule is CCNC(=NCc1cc2c(cc1OC)CC(C)O2)NC1CCCC(S(=O)CC)C1.I. The van der Waals surface area contributed by atoms with Gasteiger partial charge in [0, 0.05) is 51.9 Å². The Morgan fingerprint density at radius 2 is 2.13 bits per heavy atom. The van der Waals surface area contributed by atoms with Crippen LogP contribution in [0.5, 0.6) is 11.5 Å². The first-order valence-electron chi connectivity index (χ1n) is 10.8. The molecule has 2 N–H and O–H groups in total. The quantitative estimate of drug-likeness (QED) is 0.308.